The summed E-state index contributed by atoms with van der Waals surface area (Å²) >= 11 is 1.31. The molecule has 1 unspecified atom stereocenters. The van der Waals surface area contributed by atoms with Gasteiger partial charge in [0.2, 0.25) is 0 Å². The van der Waals surface area contributed by atoms with Gasteiger partial charge in [-0.2, -0.15) is 0 Å². The van der Waals surface area contributed by atoms with E-state index in [4.69, 9.17) is 0 Å². The van der Waals surface area contributed by atoms with Gasteiger partial charge in [0.05, 0.1) is 0 Å². The fourth-order valence-corrected chi connectivity index (χ4v) is 3.25. The molecule has 0 fully saturated rings. The number of aliphatic carboxylic acids is 1. The van der Waals surface area contributed by atoms with Crippen LogP contribution in [0, 0.1) is 5.82 Å². The molecule has 2 N–H and O–H groups in total. The number of benzene rings is 2. The first kappa shape index (κ1) is 15.5. The average molecular weight is 305 g/mol. The monoisotopic (exact) mass is 305 g/mol. The van der Waals surface area contributed by atoms with Crippen molar-refractivity contribution in [3.63, 3.8) is 0 Å². The highest BCUT2D eigenvalue weighted by Gasteiger charge is 2.38. The Morgan fingerprint density at radius 3 is 2.52 bits per heavy atom. The normalized spacial score (nSPS) is 13.6. The van der Waals surface area contributed by atoms with Crippen molar-refractivity contribution in [3.8, 4) is 0 Å². The molecular formula is C16H16FNO2S. The Hall–Kier alpha value is -1.85. The maximum Gasteiger partial charge on any atom is 0.329 e. The predicted octanol–water partition coefficient (Wildman–Crippen LogP) is 3.12. The van der Waals surface area contributed by atoms with E-state index in [1.54, 1.807) is 43.4 Å². The van der Waals surface area contributed by atoms with Crippen LogP contribution in [0.5, 0.6) is 0 Å². The highest BCUT2D eigenvalue weighted by molar-refractivity contribution is 7.99. The standard InChI is InChI=1S/C16H16FNO2S/c1-18-16(15(19)20,12-6-3-2-4-7-12)11-21-14-9-5-8-13(17)10-14/h2-10,18H,11H2,1H3,(H,19,20). The van der Waals surface area contributed by atoms with Crippen molar-refractivity contribution < 1.29 is 14.3 Å². The Labute approximate surface area is 127 Å². The molecule has 5 heteroatoms. The Kier molecular flexibility index (Phi) is 4.98. The first-order valence-electron chi connectivity index (χ1n) is 6.45. The van der Waals surface area contributed by atoms with Crippen LogP contribution in [-0.4, -0.2) is 23.9 Å². The third-order valence-corrected chi connectivity index (χ3v) is 4.47. The average Bonchev–Trinajstić information content (AvgIpc) is 2.49. The lowest BCUT2D eigenvalue weighted by atomic mass is 9.92. The van der Waals surface area contributed by atoms with Gasteiger partial charge in [0.1, 0.15) is 5.82 Å². The molecule has 110 valence electrons. The van der Waals surface area contributed by atoms with Gasteiger partial charge in [-0.05, 0) is 30.8 Å². The fourth-order valence-electron chi connectivity index (χ4n) is 2.06. The highest BCUT2D eigenvalue weighted by atomic mass is 32.2. The molecule has 2 aromatic carbocycles. The summed E-state index contributed by atoms with van der Waals surface area (Å²) in [7, 11) is 1.62. The third-order valence-electron chi connectivity index (χ3n) is 3.31. The number of halogens is 1. The maximum atomic E-state index is 13.2. The van der Waals surface area contributed by atoms with Crippen molar-refractivity contribution in [1.29, 1.82) is 0 Å². The Morgan fingerprint density at radius 1 is 1.24 bits per heavy atom. The summed E-state index contributed by atoms with van der Waals surface area (Å²) in [5, 5.41) is 12.6. The van der Waals surface area contributed by atoms with Crippen LogP contribution in [0.4, 0.5) is 4.39 Å². The summed E-state index contributed by atoms with van der Waals surface area (Å²) in [5.74, 6) is -1.03. The molecule has 2 aromatic rings. The van der Waals surface area contributed by atoms with Gasteiger partial charge in [0.25, 0.3) is 0 Å². The molecule has 0 bridgehead atoms. The van der Waals surface area contributed by atoms with E-state index >= 15 is 0 Å². The summed E-state index contributed by atoms with van der Waals surface area (Å²) in [6.45, 7) is 0. The van der Waals surface area contributed by atoms with Gasteiger partial charge in [0.15, 0.2) is 5.54 Å². The summed E-state index contributed by atoms with van der Waals surface area (Å²) in [6.07, 6.45) is 0. The second-order valence-corrected chi connectivity index (χ2v) is 5.62. The van der Waals surface area contributed by atoms with Crippen LogP contribution in [-0.2, 0) is 10.3 Å². The lowest BCUT2D eigenvalue weighted by molar-refractivity contribution is -0.144. The quantitative estimate of drug-likeness (QED) is 0.805. The molecule has 0 radical (unpaired) electrons. The second kappa shape index (κ2) is 6.74. The molecule has 1 atom stereocenters. The molecule has 0 saturated heterocycles. The smallest absolute Gasteiger partial charge is 0.329 e. The van der Waals surface area contributed by atoms with Gasteiger partial charge < -0.3 is 10.4 Å². The minimum atomic E-state index is -1.21. The van der Waals surface area contributed by atoms with Crippen LogP contribution < -0.4 is 5.32 Å². The zero-order chi connectivity index (χ0) is 15.3. The number of thioether (sulfide) groups is 1. The summed E-state index contributed by atoms with van der Waals surface area (Å²) in [5.41, 5.74) is -0.540. The highest BCUT2D eigenvalue weighted by Crippen LogP contribution is 2.30. The summed E-state index contributed by atoms with van der Waals surface area (Å²) in [6, 6.07) is 15.1. The molecule has 0 aliphatic rings. The molecule has 0 aliphatic carbocycles. The first-order valence-corrected chi connectivity index (χ1v) is 7.43. The summed E-state index contributed by atoms with van der Waals surface area (Å²) < 4.78 is 13.2. The second-order valence-electron chi connectivity index (χ2n) is 4.57. The van der Waals surface area contributed by atoms with Crippen molar-refractivity contribution >= 4 is 17.7 Å². The van der Waals surface area contributed by atoms with E-state index in [0.717, 1.165) is 0 Å². The maximum absolute atomic E-state index is 13.2. The van der Waals surface area contributed by atoms with E-state index in [0.29, 0.717) is 10.5 Å². The van der Waals surface area contributed by atoms with E-state index in [1.165, 1.54) is 23.9 Å². The van der Waals surface area contributed by atoms with Crippen LogP contribution in [0.15, 0.2) is 59.5 Å². The van der Waals surface area contributed by atoms with Crippen molar-refractivity contribution in [2.45, 2.75) is 10.4 Å². The van der Waals surface area contributed by atoms with Gasteiger partial charge in [-0.15, -0.1) is 11.8 Å². The first-order chi connectivity index (χ1) is 10.1. The predicted molar refractivity (Wildman–Crippen MR) is 81.9 cm³/mol. The van der Waals surface area contributed by atoms with Crippen molar-refractivity contribution in [1.82, 2.24) is 5.32 Å². The summed E-state index contributed by atoms with van der Waals surface area (Å²) in [4.78, 5) is 12.5. The van der Waals surface area contributed by atoms with E-state index in [2.05, 4.69) is 5.32 Å². The minimum Gasteiger partial charge on any atom is -0.480 e. The SMILES string of the molecule is CNC(CSc1cccc(F)c1)(C(=O)O)c1ccccc1. The van der Waals surface area contributed by atoms with Crippen LogP contribution in [0.25, 0.3) is 0 Å². The largest absolute Gasteiger partial charge is 0.480 e. The molecule has 0 aromatic heterocycles. The molecule has 0 spiro atoms. The van der Waals surface area contributed by atoms with E-state index in [-0.39, 0.29) is 11.6 Å². The van der Waals surface area contributed by atoms with Gasteiger partial charge in [0, 0.05) is 10.6 Å². The van der Waals surface area contributed by atoms with E-state index in [1.807, 2.05) is 6.07 Å². The molecule has 21 heavy (non-hydrogen) atoms. The molecular weight excluding hydrogens is 289 g/mol. The van der Waals surface area contributed by atoms with Gasteiger partial charge in [-0.25, -0.2) is 9.18 Å². The lowest BCUT2D eigenvalue weighted by Gasteiger charge is -2.29. The molecule has 0 amide bonds. The Bertz CT molecular complexity index is 621. The lowest BCUT2D eigenvalue weighted by Crippen LogP contribution is -2.49. The number of likely N-dealkylation sites (N-methyl/N-ethyl adjacent to an activating group) is 1. The van der Waals surface area contributed by atoms with Gasteiger partial charge >= 0.3 is 5.97 Å². The number of rotatable bonds is 6. The van der Waals surface area contributed by atoms with Crippen molar-refractivity contribution in [2.24, 2.45) is 0 Å². The number of nitrogens with one attached hydrogen (secondary N) is 1. The van der Waals surface area contributed by atoms with Crippen molar-refractivity contribution in [3.05, 3.63) is 66.0 Å². The topological polar surface area (TPSA) is 49.3 Å². The number of carboxylic acid groups (broad SMARTS) is 1. The Morgan fingerprint density at radius 2 is 1.95 bits per heavy atom. The minimum absolute atomic E-state index is 0.256. The number of hydrogen-bond acceptors (Lipinski definition) is 3. The van der Waals surface area contributed by atoms with Crippen LogP contribution >= 0.6 is 11.8 Å². The Balaban J connectivity index is 2.27. The molecule has 3 nitrogen and oxygen atoms in total. The molecule has 0 saturated carbocycles. The third kappa shape index (κ3) is 3.43. The van der Waals surface area contributed by atoms with Crippen molar-refractivity contribution in [2.75, 3.05) is 12.8 Å². The van der Waals surface area contributed by atoms with E-state index < -0.39 is 11.5 Å². The molecule has 0 heterocycles. The molecule has 0 aliphatic heterocycles. The zero-order valence-corrected chi connectivity index (χ0v) is 12.4. The van der Waals surface area contributed by atoms with Crippen LogP contribution in [0.3, 0.4) is 0 Å². The van der Waals surface area contributed by atoms with Gasteiger partial charge in [-0.1, -0.05) is 36.4 Å². The van der Waals surface area contributed by atoms with Crippen LogP contribution in [0.1, 0.15) is 5.56 Å². The number of carbonyl (C=O) groups is 1. The zero-order valence-electron chi connectivity index (χ0n) is 11.5. The molecule has 2 rings (SSSR count). The number of carboxylic acids is 1. The van der Waals surface area contributed by atoms with E-state index in [9.17, 15) is 14.3 Å². The van der Waals surface area contributed by atoms with Gasteiger partial charge in [-0.3, -0.25) is 0 Å². The number of hydrogen-bond donors (Lipinski definition) is 2. The van der Waals surface area contributed by atoms with Crippen LogP contribution in [0.2, 0.25) is 0 Å². The fraction of sp³-hybridized carbons (Fsp3) is 0.188.